The topological polar surface area (TPSA) is 0 Å². The van der Waals surface area contributed by atoms with Gasteiger partial charge in [0.05, 0.1) is 0 Å². The maximum absolute atomic E-state index is 2.23. The first-order valence-corrected chi connectivity index (χ1v) is 15.5. The van der Waals surface area contributed by atoms with Crippen molar-refractivity contribution >= 4 is 47.7 Å². The van der Waals surface area contributed by atoms with Crippen LogP contribution in [-0.2, 0) is 21.1 Å². The van der Waals surface area contributed by atoms with Crippen LogP contribution in [0.3, 0.4) is 0 Å². The molecule has 6 aromatic rings. The van der Waals surface area contributed by atoms with Crippen molar-refractivity contribution < 1.29 is 33.5 Å². The van der Waals surface area contributed by atoms with Crippen LogP contribution in [0.5, 0.6) is 0 Å². The summed E-state index contributed by atoms with van der Waals surface area (Å²) in [6, 6.07) is 64.7. The van der Waals surface area contributed by atoms with Gasteiger partial charge >= 0.3 is 21.1 Å². The summed E-state index contributed by atoms with van der Waals surface area (Å²) < 4.78 is 0. The Balaban J connectivity index is 0.000000210. The Morgan fingerprint density at radius 2 is 0.350 bits per heavy atom. The van der Waals surface area contributed by atoms with Crippen LogP contribution in [0, 0.1) is 0 Å². The summed E-state index contributed by atoms with van der Waals surface area (Å²) >= 11 is 0. The van der Waals surface area contributed by atoms with E-state index in [0.717, 1.165) is 0 Å². The van der Waals surface area contributed by atoms with E-state index in [2.05, 4.69) is 182 Å². The van der Waals surface area contributed by atoms with Gasteiger partial charge in [0.15, 0.2) is 0 Å². The van der Waals surface area contributed by atoms with Gasteiger partial charge < -0.3 is 12.4 Å². The molecule has 0 saturated heterocycles. The fourth-order valence-electron chi connectivity index (χ4n) is 4.36. The van der Waals surface area contributed by atoms with E-state index in [0.29, 0.717) is 0 Å². The van der Waals surface area contributed by atoms with Crippen LogP contribution in [0.15, 0.2) is 182 Å². The summed E-state index contributed by atoms with van der Waals surface area (Å²) in [7, 11) is -0.892. The molecule has 0 unspecified atom stereocenters. The van der Waals surface area contributed by atoms with E-state index >= 15 is 0 Å². The van der Waals surface area contributed by atoms with Gasteiger partial charge in [0.25, 0.3) is 0 Å². The van der Waals surface area contributed by atoms with Gasteiger partial charge in [0.2, 0.25) is 0 Å². The van der Waals surface area contributed by atoms with Crippen molar-refractivity contribution in [3.63, 3.8) is 0 Å². The molecular formula is C36H31ClP2Pt. The molecular weight excluding hydrogens is 725 g/mol. The van der Waals surface area contributed by atoms with Gasteiger partial charge in [0.1, 0.15) is 0 Å². The second-order valence-corrected chi connectivity index (χ2v) is 13.1. The zero-order valence-electron chi connectivity index (χ0n) is 21.9. The van der Waals surface area contributed by atoms with Crippen LogP contribution in [-0.4, -0.2) is 0 Å². The van der Waals surface area contributed by atoms with Crippen LogP contribution in [0.4, 0.5) is 0 Å². The number of hydrogen-bond donors (Lipinski definition) is 0. The quantitative estimate of drug-likeness (QED) is 0.228. The first-order chi connectivity index (χ1) is 18.9. The number of rotatable bonds is 6. The van der Waals surface area contributed by atoms with Crippen molar-refractivity contribution in [1.82, 2.24) is 0 Å². The third-order valence-corrected chi connectivity index (χ3v) is 11.0. The van der Waals surface area contributed by atoms with Gasteiger partial charge in [-0.05, 0) is 47.7 Å². The average molecular weight is 756 g/mol. The van der Waals surface area contributed by atoms with Crippen LogP contribution >= 0.6 is 15.8 Å². The molecule has 6 aromatic carbocycles. The molecule has 0 aliphatic rings. The molecule has 6 rings (SSSR count). The summed E-state index contributed by atoms with van der Waals surface area (Å²) in [5.74, 6) is 0. The van der Waals surface area contributed by atoms with Crippen LogP contribution in [0.2, 0.25) is 0 Å². The van der Waals surface area contributed by atoms with E-state index < -0.39 is 15.8 Å². The van der Waals surface area contributed by atoms with E-state index in [-0.39, 0.29) is 33.5 Å². The Morgan fingerprint density at radius 3 is 0.475 bits per heavy atom. The molecule has 0 aliphatic heterocycles. The number of halogens is 1. The zero-order valence-corrected chi connectivity index (χ0v) is 26.9. The molecule has 0 nitrogen and oxygen atoms in total. The smallest absolute Gasteiger partial charge is 0.0134 e. The van der Waals surface area contributed by atoms with Gasteiger partial charge in [-0.15, -0.1) is 0 Å². The Labute approximate surface area is 261 Å². The molecule has 0 aliphatic carbocycles. The van der Waals surface area contributed by atoms with Crippen molar-refractivity contribution in [1.29, 1.82) is 0 Å². The zero-order chi connectivity index (χ0) is 25.8. The first kappa shape index (κ1) is 31.7. The van der Waals surface area contributed by atoms with E-state index in [1.807, 2.05) is 0 Å². The predicted octanol–water partition coefficient (Wildman–Crippen LogP) is 3.62. The monoisotopic (exact) mass is 755 g/mol. The Hall–Kier alpha value is -2.84. The SMILES string of the molecule is [Cl-].[PtH+].c1ccc(P(c2ccccc2)c2ccccc2)cc1.c1ccc(P(c2ccccc2)c2ccccc2)cc1. The molecule has 0 aromatic heterocycles. The number of hydrogen-bond acceptors (Lipinski definition) is 0. The minimum Gasteiger partial charge on any atom is -0.0622 e. The Kier molecular flexibility index (Phi) is 13.5. The average Bonchev–Trinajstić information content (AvgIpc) is 3.01. The second-order valence-electron chi connectivity index (χ2n) is 8.68. The molecule has 0 bridgehead atoms. The van der Waals surface area contributed by atoms with E-state index in [9.17, 15) is 0 Å². The third kappa shape index (κ3) is 8.58. The van der Waals surface area contributed by atoms with Crippen LogP contribution in [0.1, 0.15) is 0 Å². The molecule has 4 heteroatoms. The molecule has 0 heterocycles. The summed E-state index contributed by atoms with van der Waals surface area (Å²) in [6.07, 6.45) is 0. The van der Waals surface area contributed by atoms with Gasteiger partial charge in [-0.3, -0.25) is 0 Å². The normalized spacial score (nSPS) is 10.1. The largest absolute Gasteiger partial charge is 0.0622 e. The van der Waals surface area contributed by atoms with Crippen molar-refractivity contribution in [3.05, 3.63) is 182 Å². The van der Waals surface area contributed by atoms with Gasteiger partial charge in [-0.25, -0.2) is 0 Å². The van der Waals surface area contributed by atoms with Crippen molar-refractivity contribution in [3.8, 4) is 0 Å². The van der Waals surface area contributed by atoms with E-state index in [1.165, 1.54) is 31.8 Å². The molecule has 40 heavy (non-hydrogen) atoms. The third-order valence-electron chi connectivity index (χ3n) is 6.09. The maximum atomic E-state index is 2.23. The summed E-state index contributed by atoms with van der Waals surface area (Å²) in [5, 5.41) is 8.39. The molecule has 0 saturated carbocycles. The summed E-state index contributed by atoms with van der Waals surface area (Å²) in [4.78, 5) is 0. The second kappa shape index (κ2) is 17.1. The molecule has 0 fully saturated rings. The Morgan fingerprint density at radius 1 is 0.225 bits per heavy atom. The van der Waals surface area contributed by atoms with Crippen molar-refractivity contribution in [2.24, 2.45) is 0 Å². The molecule has 0 spiro atoms. The Bertz CT molecular complexity index is 1180. The standard InChI is InChI=1S/2C18H15P.ClH.Pt.H/c2*1-4-10-16(11-5-1)19(17-12-6-2-7-13-17)18-14-8-3-9-15-18;;;/h2*1-15H;1H;;/q;;;+1;/p-1. The number of benzene rings is 6. The van der Waals surface area contributed by atoms with E-state index in [1.54, 1.807) is 0 Å². The summed E-state index contributed by atoms with van der Waals surface area (Å²) in [6.45, 7) is 0. The molecule has 0 atom stereocenters. The molecule has 202 valence electrons. The minimum absolute atomic E-state index is 0. The first-order valence-electron chi connectivity index (χ1n) is 12.8. The fourth-order valence-corrected chi connectivity index (χ4v) is 8.97. The van der Waals surface area contributed by atoms with Crippen LogP contribution in [0.25, 0.3) is 0 Å². The predicted molar refractivity (Wildman–Crippen MR) is 172 cm³/mol. The molecule has 0 N–H and O–H groups in total. The summed E-state index contributed by atoms with van der Waals surface area (Å²) in [5.41, 5.74) is 0. The minimum atomic E-state index is -0.446. The van der Waals surface area contributed by atoms with E-state index in [4.69, 9.17) is 0 Å². The van der Waals surface area contributed by atoms with Gasteiger partial charge in [-0.1, -0.05) is 182 Å². The van der Waals surface area contributed by atoms with Crippen molar-refractivity contribution in [2.45, 2.75) is 0 Å². The van der Waals surface area contributed by atoms with Gasteiger partial charge in [-0.2, -0.15) is 0 Å². The van der Waals surface area contributed by atoms with Crippen LogP contribution < -0.4 is 44.2 Å². The maximum Gasteiger partial charge on any atom is -0.0134 e. The molecule has 1 radical (unpaired) electrons. The van der Waals surface area contributed by atoms with Crippen molar-refractivity contribution in [2.75, 3.05) is 0 Å². The molecule has 0 amide bonds. The van der Waals surface area contributed by atoms with Gasteiger partial charge in [0, 0.05) is 0 Å². The fraction of sp³-hybridized carbons (Fsp3) is 0.